The summed E-state index contributed by atoms with van der Waals surface area (Å²) < 4.78 is 5.76. The number of rotatable bonds is 6. The molecule has 1 aromatic carbocycles. The molecule has 106 valence electrons. The Morgan fingerprint density at radius 1 is 1.25 bits per heavy atom. The van der Waals surface area contributed by atoms with Gasteiger partial charge in [0, 0.05) is 6.20 Å². The van der Waals surface area contributed by atoms with Gasteiger partial charge in [0.2, 0.25) is 0 Å². The van der Waals surface area contributed by atoms with Crippen molar-refractivity contribution in [1.29, 1.82) is 0 Å². The molecule has 2 aromatic rings. The number of hydrogen-bond donors (Lipinski definition) is 2. The van der Waals surface area contributed by atoms with Crippen molar-refractivity contribution in [2.24, 2.45) is 5.84 Å². The average Bonchev–Trinajstić information content (AvgIpc) is 2.53. The van der Waals surface area contributed by atoms with Crippen molar-refractivity contribution in [3.05, 3.63) is 53.7 Å². The van der Waals surface area contributed by atoms with Crippen molar-refractivity contribution < 1.29 is 4.74 Å². The lowest BCUT2D eigenvalue weighted by Crippen LogP contribution is -2.09. The largest absolute Gasteiger partial charge is 0.489 e. The minimum Gasteiger partial charge on any atom is -0.489 e. The highest BCUT2D eigenvalue weighted by Gasteiger charge is 2.03. The van der Waals surface area contributed by atoms with Gasteiger partial charge in [-0.2, -0.15) is 0 Å². The molecule has 0 spiro atoms. The molecule has 4 nitrogen and oxygen atoms in total. The van der Waals surface area contributed by atoms with Gasteiger partial charge in [-0.3, -0.25) is 0 Å². The van der Waals surface area contributed by atoms with Gasteiger partial charge in [0.15, 0.2) is 0 Å². The summed E-state index contributed by atoms with van der Waals surface area (Å²) in [5.74, 6) is 7.43. The Morgan fingerprint density at radius 3 is 2.65 bits per heavy atom. The molecule has 3 N–H and O–H groups in total. The van der Waals surface area contributed by atoms with Crippen molar-refractivity contribution in [3.8, 4) is 5.75 Å². The van der Waals surface area contributed by atoms with E-state index in [1.807, 2.05) is 24.3 Å². The summed E-state index contributed by atoms with van der Waals surface area (Å²) in [4.78, 5) is 4.06. The van der Waals surface area contributed by atoms with Crippen LogP contribution in [0.1, 0.15) is 37.3 Å². The van der Waals surface area contributed by atoms with Crippen molar-refractivity contribution in [2.75, 3.05) is 5.43 Å². The molecule has 0 radical (unpaired) electrons. The van der Waals surface area contributed by atoms with Gasteiger partial charge >= 0.3 is 0 Å². The van der Waals surface area contributed by atoms with Crippen molar-refractivity contribution in [3.63, 3.8) is 0 Å². The summed E-state index contributed by atoms with van der Waals surface area (Å²) in [7, 11) is 0. The van der Waals surface area contributed by atoms with E-state index in [9.17, 15) is 0 Å². The van der Waals surface area contributed by atoms with Gasteiger partial charge in [0.1, 0.15) is 18.2 Å². The highest BCUT2D eigenvalue weighted by atomic mass is 16.5. The lowest BCUT2D eigenvalue weighted by atomic mass is 9.99. The normalized spacial score (nSPS) is 11.9. The fourth-order valence-electron chi connectivity index (χ4n) is 1.94. The number of hydrazine groups is 1. The first-order valence-corrected chi connectivity index (χ1v) is 6.87. The molecule has 0 aliphatic carbocycles. The molecule has 1 atom stereocenters. The van der Waals surface area contributed by atoms with Crippen LogP contribution >= 0.6 is 0 Å². The molecule has 0 fully saturated rings. The molecule has 0 aliphatic heterocycles. The SMILES string of the molecule is CCC(C)c1ccc(OCc2ccnc(NN)c2)cc1. The third kappa shape index (κ3) is 3.71. The van der Waals surface area contributed by atoms with Crippen molar-refractivity contribution in [2.45, 2.75) is 32.8 Å². The topological polar surface area (TPSA) is 60.2 Å². The Labute approximate surface area is 120 Å². The van der Waals surface area contributed by atoms with Crippen LogP contribution < -0.4 is 16.0 Å². The van der Waals surface area contributed by atoms with E-state index in [2.05, 4.69) is 36.4 Å². The third-order valence-electron chi connectivity index (χ3n) is 3.44. The van der Waals surface area contributed by atoms with E-state index in [0.717, 1.165) is 17.7 Å². The van der Waals surface area contributed by atoms with Gasteiger partial charge in [-0.25, -0.2) is 10.8 Å². The molecule has 1 heterocycles. The first-order valence-electron chi connectivity index (χ1n) is 6.87. The van der Waals surface area contributed by atoms with Crippen LogP contribution in [0.15, 0.2) is 42.6 Å². The van der Waals surface area contributed by atoms with Gasteiger partial charge in [-0.15, -0.1) is 0 Å². The summed E-state index contributed by atoms with van der Waals surface area (Å²) in [5.41, 5.74) is 4.90. The molecule has 1 aromatic heterocycles. The molecule has 0 amide bonds. The Hall–Kier alpha value is -2.07. The zero-order chi connectivity index (χ0) is 14.4. The summed E-state index contributed by atoms with van der Waals surface area (Å²) in [6.45, 7) is 4.93. The van der Waals surface area contributed by atoms with Gasteiger partial charge in [-0.05, 0) is 47.7 Å². The molecular weight excluding hydrogens is 250 g/mol. The summed E-state index contributed by atoms with van der Waals surface area (Å²) in [6.07, 6.45) is 2.85. The summed E-state index contributed by atoms with van der Waals surface area (Å²) >= 11 is 0. The molecule has 0 saturated heterocycles. The van der Waals surface area contributed by atoms with Crippen molar-refractivity contribution >= 4 is 5.82 Å². The zero-order valence-corrected chi connectivity index (χ0v) is 12.0. The molecule has 4 heteroatoms. The first-order chi connectivity index (χ1) is 9.72. The number of hydrogen-bond acceptors (Lipinski definition) is 4. The molecule has 0 saturated carbocycles. The second-order valence-electron chi connectivity index (χ2n) is 4.86. The number of nitrogens with one attached hydrogen (secondary N) is 1. The highest BCUT2D eigenvalue weighted by Crippen LogP contribution is 2.22. The standard InChI is InChI=1S/C16H21N3O/c1-3-12(2)14-4-6-15(7-5-14)20-11-13-8-9-18-16(10-13)19-17/h4-10,12H,3,11,17H2,1-2H3,(H,18,19). The van der Waals surface area contributed by atoms with E-state index in [4.69, 9.17) is 10.6 Å². The number of aromatic nitrogens is 1. The maximum atomic E-state index is 5.76. The predicted molar refractivity (Wildman–Crippen MR) is 81.5 cm³/mol. The molecule has 1 unspecified atom stereocenters. The van der Waals surface area contributed by atoms with Crippen LogP contribution in [0.3, 0.4) is 0 Å². The lowest BCUT2D eigenvalue weighted by Gasteiger charge is -2.11. The third-order valence-corrected chi connectivity index (χ3v) is 3.44. The number of nitrogen functional groups attached to an aromatic ring is 1. The predicted octanol–water partition coefficient (Wildman–Crippen LogP) is 3.46. The van der Waals surface area contributed by atoms with Crippen LogP contribution in [0.2, 0.25) is 0 Å². The maximum absolute atomic E-state index is 5.76. The summed E-state index contributed by atoms with van der Waals surface area (Å²) in [6, 6.07) is 12.1. The Balaban J connectivity index is 1.96. The van der Waals surface area contributed by atoms with Crippen LogP contribution in [0.25, 0.3) is 0 Å². The second-order valence-corrected chi connectivity index (χ2v) is 4.86. The van der Waals surface area contributed by atoms with Crippen LogP contribution in [-0.2, 0) is 6.61 Å². The molecular formula is C16H21N3O. The van der Waals surface area contributed by atoms with E-state index in [1.165, 1.54) is 5.56 Å². The minimum atomic E-state index is 0.500. The fraction of sp³-hybridized carbons (Fsp3) is 0.312. The zero-order valence-electron chi connectivity index (χ0n) is 12.0. The number of ether oxygens (including phenoxy) is 1. The molecule has 2 rings (SSSR count). The van der Waals surface area contributed by atoms with Crippen molar-refractivity contribution in [1.82, 2.24) is 4.98 Å². The number of anilines is 1. The number of nitrogens with two attached hydrogens (primary N) is 1. The van der Waals surface area contributed by atoms with Crippen LogP contribution in [0.4, 0.5) is 5.82 Å². The Kier molecular flexibility index (Phi) is 4.96. The van der Waals surface area contributed by atoms with Crippen LogP contribution in [0.5, 0.6) is 5.75 Å². The van der Waals surface area contributed by atoms with E-state index >= 15 is 0 Å². The second kappa shape index (κ2) is 6.91. The molecule has 20 heavy (non-hydrogen) atoms. The van der Waals surface area contributed by atoms with Gasteiger partial charge in [-0.1, -0.05) is 26.0 Å². The highest BCUT2D eigenvalue weighted by molar-refractivity contribution is 5.36. The summed E-state index contributed by atoms with van der Waals surface area (Å²) in [5, 5.41) is 0. The molecule has 0 aliphatic rings. The fourth-order valence-corrected chi connectivity index (χ4v) is 1.94. The minimum absolute atomic E-state index is 0.500. The number of benzene rings is 1. The lowest BCUT2D eigenvalue weighted by molar-refractivity contribution is 0.306. The quantitative estimate of drug-likeness (QED) is 0.624. The number of nitrogens with zero attached hydrogens (tertiary/aromatic N) is 1. The van der Waals surface area contributed by atoms with Gasteiger partial charge < -0.3 is 10.2 Å². The van der Waals surface area contributed by atoms with Gasteiger partial charge in [0.05, 0.1) is 0 Å². The molecule has 0 bridgehead atoms. The van der Waals surface area contributed by atoms with Crippen LogP contribution in [-0.4, -0.2) is 4.98 Å². The van der Waals surface area contributed by atoms with Crippen LogP contribution in [0, 0.1) is 0 Å². The monoisotopic (exact) mass is 271 g/mol. The van der Waals surface area contributed by atoms with E-state index < -0.39 is 0 Å². The number of pyridine rings is 1. The average molecular weight is 271 g/mol. The van der Waals surface area contributed by atoms with E-state index in [-0.39, 0.29) is 0 Å². The first kappa shape index (κ1) is 14.3. The Morgan fingerprint density at radius 2 is 2.00 bits per heavy atom. The van der Waals surface area contributed by atoms with Gasteiger partial charge in [0.25, 0.3) is 0 Å². The smallest absolute Gasteiger partial charge is 0.140 e. The maximum Gasteiger partial charge on any atom is 0.140 e. The Bertz CT molecular complexity index is 540. The van der Waals surface area contributed by atoms with E-state index in [0.29, 0.717) is 18.3 Å². The van der Waals surface area contributed by atoms with E-state index in [1.54, 1.807) is 6.20 Å².